The van der Waals surface area contributed by atoms with Crippen molar-refractivity contribution >= 4 is 34.6 Å². The number of piperazine rings is 1. The first kappa shape index (κ1) is 34.2. The Morgan fingerprint density at radius 1 is 0.961 bits per heavy atom. The smallest absolute Gasteiger partial charge is 0.236 e. The van der Waals surface area contributed by atoms with Crippen molar-refractivity contribution in [2.24, 2.45) is 12.5 Å². The fourth-order valence-corrected chi connectivity index (χ4v) is 7.53. The maximum Gasteiger partial charge on any atom is 0.236 e. The van der Waals surface area contributed by atoms with Crippen LogP contribution in [-0.4, -0.2) is 106 Å². The number of anilines is 3. The number of nitrogens with one attached hydrogen (secondary N) is 1. The van der Waals surface area contributed by atoms with Gasteiger partial charge in [0.1, 0.15) is 6.33 Å². The number of ether oxygens (including phenoxy) is 1. The Bertz CT molecular complexity index is 1900. The predicted molar refractivity (Wildman–Crippen MR) is 197 cm³/mol. The minimum Gasteiger partial charge on any atom is -0.475 e. The number of nitrogen functional groups attached to an aromatic ring is 1. The van der Waals surface area contributed by atoms with E-state index >= 15 is 0 Å². The van der Waals surface area contributed by atoms with E-state index in [9.17, 15) is 9.59 Å². The van der Waals surface area contributed by atoms with Gasteiger partial charge < -0.3 is 25.2 Å². The second-order valence-corrected chi connectivity index (χ2v) is 14.2. The Morgan fingerprint density at radius 3 is 2.41 bits per heavy atom. The summed E-state index contributed by atoms with van der Waals surface area (Å²) in [6.45, 7) is 9.00. The summed E-state index contributed by atoms with van der Waals surface area (Å²) < 4.78 is 7.34. The SMILES string of the molecule is CC(C)Oc1ccc(C(=N)c2cc(N3CC[C@]4(CCCN(CC(=O)N5CCN(c6ccc(-c7ncn(C)n7)cc6)CC5)C4)C3=O)ccc2N)cn1. The Balaban J connectivity index is 0.948. The molecule has 3 N–H and O–H groups in total. The molecule has 2 aromatic carbocycles. The van der Waals surface area contributed by atoms with E-state index in [1.165, 1.54) is 0 Å². The minimum absolute atomic E-state index is 0.00175. The first-order chi connectivity index (χ1) is 24.6. The van der Waals surface area contributed by atoms with Crippen molar-refractivity contribution in [1.82, 2.24) is 29.5 Å². The number of piperidine rings is 1. The zero-order chi connectivity index (χ0) is 35.7. The van der Waals surface area contributed by atoms with Gasteiger partial charge in [0.05, 0.1) is 23.8 Å². The van der Waals surface area contributed by atoms with Gasteiger partial charge in [0.15, 0.2) is 5.82 Å². The number of nitrogens with zero attached hydrogens (tertiary/aromatic N) is 8. The molecule has 1 atom stereocenters. The zero-order valence-corrected chi connectivity index (χ0v) is 29.6. The molecule has 1 spiro atoms. The monoisotopic (exact) mass is 690 g/mol. The fraction of sp³-hybridized carbons (Fsp3) is 0.421. The fourth-order valence-electron chi connectivity index (χ4n) is 7.53. The molecular formula is C38H46N10O3. The van der Waals surface area contributed by atoms with Gasteiger partial charge in [-0.05, 0) is 88.2 Å². The van der Waals surface area contributed by atoms with E-state index in [1.54, 1.807) is 35.4 Å². The summed E-state index contributed by atoms with van der Waals surface area (Å²) in [4.78, 5) is 44.6. The van der Waals surface area contributed by atoms with Crippen molar-refractivity contribution in [1.29, 1.82) is 5.41 Å². The summed E-state index contributed by atoms with van der Waals surface area (Å²) in [7, 11) is 1.86. The highest BCUT2D eigenvalue weighted by atomic mass is 16.5. The van der Waals surface area contributed by atoms with E-state index in [0.29, 0.717) is 61.2 Å². The lowest BCUT2D eigenvalue weighted by Crippen LogP contribution is -2.54. The van der Waals surface area contributed by atoms with Crippen molar-refractivity contribution in [2.75, 3.05) is 67.9 Å². The molecule has 3 aliphatic rings. The van der Waals surface area contributed by atoms with Gasteiger partial charge in [0.25, 0.3) is 0 Å². The average Bonchev–Trinajstić information content (AvgIpc) is 3.71. The van der Waals surface area contributed by atoms with Crippen LogP contribution in [0.25, 0.3) is 11.4 Å². The summed E-state index contributed by atoms with van der Waals surface area (Å²) in [5.41, 5.74) is 10.5. The lowest BCUT2D eigenvalue weighted by atomic mass is 9.78. The highest BCUT2D eigenvalue weighted by molar-refractivity contribution is 6.14. The van der Waals surface area contributed by atoms with E-state index in [-0.39, 0.29) is 23.6 Å². The van der Waals surface area contributed by atoms with E-state index in [2.05, 4.69) is 37.0 Å². The lowest BCUT2D eigenvalue weighted by Gasteiger charge is -2.40. The first-order valence-electron chi connectivity index (χ1n) is 17.7. The number of likely N-dealkylation sites (tertiary alicyclic amines) is 1. The van der Waals surface area contributed by atoms with Crippen LogP contribution in [0.4, 0.5) is 17.1 Å². The van der Waals surface area contributed by atoms with Gasteiger partial charge in [-0.2, -0.15) is 5.10 Å². The zero-order valence-electron chi connectivity index (χ0n) is 29.6. The number of rotatable bonds is 9. The molecule has 3 saturated heterocycles. The summed E-state index contributed by atoms with van der Waals surface area (Å²) in [6, 6.07) is 17.3. The number of pyridine rings is 1. The summed E-state index contributed by atoms with van der Waals surface area (Å²) >= 11 is 0. The van der Waals surface area contributed by atoms with E-state index in [0.717, 1.165) is 55.8 Å². The number of aryl methyl sites for hydroxylation is 1. The van der Waals surface area contributed by atoms with Gasteiger partial charge in [-0.25, -0.2) is 9.97 Å². The highest BCUT2D eigenvalue weighted by Crippen LogP contribution is 2.42. The second-order valence-electron chi connectivity index (χ2n) is 14.2. The highest BCUT2D eigenvalue weighted by Gasteiger charge is 2.49. The molecule has 7 rings (SSSR count). The van der Waals surface area contributed by atoms with Crippen LogP contribution in [0.15, 0.2) is 67.1 Å². The van der Waals surface area contributed by atoms with Crippen molar-refractivity contribution < 1.29 is 14.3 Å². The van der Waals surface area contributed by atoms with Gasteiger partial charge in [-0.1, -0.05) is 0 Å². The van der Waals surface area contributed by atoms with Gasteiger partial charge in [-0.3, -0.25) is 24.6 Å². The molecule has 13 nitrogen and oxygen atoms in total. The molecule has 3 fully saturated rings. The quantitative estimate of drug-likeness (QED) is 0.197. The summed E-state index contributed by atoms with van der Waals surface area (Å²) in [6.07, 6.45) is 5.70. The van der Waals surface area contributed by atoms with Gasteiger partial charge >= 0.3 is 0 Å². The maximum atomic E-state index is 14.1. The maximum absolute atomic E-state index is 14.1. The molecule has 266 valence electrons. The average molecular weight is 691 g/mol. The molecule has 0 bridgehead atoms. The van der Waals surface area contributed by atoms with Crippen LogP contribution in [0.1, 0.15) is 44.2 Å². The molecule has 0 saturated carbocycles. The van der Waals surface area contributed by atoms with Crippen LogP contribution in [0, 0.1) is 10.8 Å². The van der Waals surface area contributed by atoms with Crippen LogP contribution >= 0.6 is 0 Å². The Labute approximate surface area is 298 Å². The van der Waals surface area contributed by atoms with E-state index in [1.807, 2.05) is 55.0 Å². The molecule has 2 amide bonds. The molecule has 0 unspecified atom stereocenters. The number of carbonyl (C=O) groups is 2. The van der Waals surface area contributed by atoms with Crippen LogP contribution in [0.2, 0.25) is 0 Å². The number of carbonyl (C=O) groups excluding carboxylic acids is 2. The first-order valence-corrected chi connectivity index (χ1v) is 17.7. The van der Waals surface area contributed by atoms with Crippen molar-refractivity contribution in [3.8, 4) is 17.3 Å². The number of hydrogen-bond acceptors (Lipinski definition) is 10. The second kappa shape index (κ2) is 14.1. The normalized spacial score (nSPS) is 19.7. The molecule has 51 heavy (non-hydrogen) atoms. The Morgan fingerprint density at radius 2 is 1.73 bits per heavy atom. The molecule has 2 aromatic heterocycles. The topological polar surface area (TPSA) is 150 Å². The third kappa shape index (κ3) is 7.16. The third-order valence-electron chi connectivity index (χ3n) is 10.2. The third-order valence-corrected chi connectivity index (χ3v) is 10.2. The number of nitrogens with two attached hydrogens (primary N) is 1. The van der Waals surface area contributed by atoms with Crippen LogP contribution in [0.3, 0.4) is 0 Å². The van der Waals surface area contributed by atoms with Crippen molar-refractivity contribution in [3.63, 3.8) is 0 Å². The number of aromatic nitrogens is 4. The summed E-state index contributed by atoms with van der Waals surface area (Å²) in [5, 5.41) is 13.3. The summed E-state index contributed by atoms with van der Waals surface area (Å²) in [5.74, 6) is 1.40. The predicted octanol–water partition coefficient (Wildman–Crippen LogP) is 3.83. The Hall–Kier alpha value is -5.30. The number of benzene rings is 2. The minimum atomic E-state index is -0.528. The van der Waals surface area contributed by atoms with Gasteiger partial charge in [0, 0.05) is 92.3 Å². The molecular weight excluding hydrogens is 644 g/mol. The lowest BCUT2D eigenvalue weighted by molar-refractivity contribution is -0.136. The largest absolute Gasteiger partial charge is 0.475 e. The number of amides is 2. The molecule has 5 heterocycles. The molecule has 3 aliphatic heterocycles. The van der Waals surface area contributed by atoms with Gasteiger partial charge in [-0.15, -0.1) is 0 Å². The Kier molecular flexibility index (Phi) is 9.47. The van der Waals surface area contributed by atoms with Crippen LogP contribution in [0.5, 0.6) is 5.88 Å². The van der Waals surface area contributed by atoms with E-state index < -0.39 is 5.41 Å². The molecule has 0 radical (unpaired) electrons. The number of hydrogen-bond donors (Lipinski definition) is 2. The molecule has 4 aromatic rings. The molecule has 13 heteroatoms. The standard InChI is InChI=1S/C38H46N10O3/c1-26(2)51-33-12-7-28(22-41-33)35(40)31-21-30(10-11-32(31)39)48-16-14-38(37(48)50)13-4-15-45(24-38)23-34(49)47-19-17-46(18-20-47)29-8-5-27(6-9-29)36-42-25-44(3)43-36/h5-12,21-22,25-26,40H,4,13-20,23-24,39H2,1-3H3/t38-/m0/s1. The van der Waals surface area contributed by atoms with E-state index in [4.69, 9.17) is 15.9 Å². The molecule has 0 aliphatic carbocycles. The van der Waals surface area contributed by atoms with Crippen LogP contribution in [-0.2, 0) is 16.6 Å². The van der Waals surface area contributed by atoms with Gasteiger partial charge in [0.2, 0.25) is 17.7 Å². The van der Waals surface area contributed by atoms with Crippen LogP contribution < -0.4 is 20.3 Å². The van der Waals surface area contributed by atoms with Crippen molar-refractivity contribution in [3.05, 3.63) is 78.2 Å². The van der Waals surface area contributed by atoms with Crippen molar-refractivity contribution in [2.45, 2.75) is 39.2 Å².